The summed E-state index contributed by atoms with van der Waals surface area (Å²) < 4.78 is 0. The number of nitrogens with one attached hydrogen (secondary N) is 1. The van der Waals surface area contributed by atoms with E-state index in [1.165, 1.54) is 6.20 Å². The Bertz CT molecular complexity index is 382. The van der Waals surface area contributed by atoms with Crippen molar-refractivity contribution >= 4 is 11.5 Å². The fourth-order valence-electron chi connectivity index (χ4n) is 1.34. The number of pyridine rings is 1. The van der Waals surface area contributed by atoms with E-state index in [-0.39, 0.29) is 18.3 Å². The van der Waals surface area contributed by atoms with Crippen LogP contribution in [0.4, 0.5) is 11.5 Å². The Morgan fingerprint density at radius 1 is 1.69 bits per heavy atom. The molecule has 0 aliphatic carbocycles. The van der Waals surface area contributed by atoms with E-state index < -0.39 is 4.92 Å². The summed E-state index contributed by atoms with van der Waals surface area (Å²) in [6, 6.07) is 1.71. The van der Waals surface area contributed by atoms with Gasteiger partial charge in [0, 0.05) is 18.2 Å². The Morgan fingerprint density at radius 3 is 2.88 bits per heavy atom. The van der Waals surface area contributed by atoms with Gasteiger partial charge in [-0.25, -0.2) is 4.98 Å². The van der Waals surface area contributed by atoms with Gasteiger partial charge in [-0.1, -0.05) is 0 Å². The van der Waals surface area contributed by atoms with Crippen LogP contribution in [0, 0.1) is 17.0 Å². The minimum Gasteiger partial charge on any atom is -0.396 e. The van der Waals surface area contributed by atoms with Gasteiger partial charge in [0.05, 0.1) is 4.92 Å². The first-order chi connectivity index (χ1) is 7.54. The Labute approximate surface area is 93.5 Å². The fraction of sp³-hybridized carbons (Fsp3) is 0.500. The Hall–Kier alpha value is -1.69. The highest BCUT2D eigenvalue weighted by molar-refractivity contribution is 5.47. The highest BCUT2D eigenvalue weighted by atomic mass is 16.6. The summed E-state index contributed by atoms with van der Waals surface area (Å²) in [6.45, 7) is 3.68. The van der Waals surface area contributed by atoms with Crippen LogP contribution in [0.25, 0.3) is 0 Å². The van der Waals surface area contributed by atoms with Crippen molar-refractivity contribution in [1.29, 1.82) is 0 Å². The number of nitro groups is 1. The van der Waals surface area contributed by atoms with Crippen LogP contribution in [-0.4, -0.2) is 27.7 Å². The molecule has 0 radical (unpaired) electrons. The topological polar surface area (TPSA) is 88.3 Å². The summed E-state index contributed by atoms with van der Waals surface area (Å²) in [5.74, 6) is 0.587. The zero-order valence-corrected chi connectivity index (χ0v) is 9.30. The van der Waals surface area contributed by atoms with Crippen LogP contribution < -0.4 is 5.32 Å². The second-order valence-electron chi connectivity index (χ2n) is 3.67. The molecule has 1 atom stereocenters. The average molecular weight is 225 g/mol. The monoisotopic (exact) mass is 225 g/mol. The molecule has 1 unspecified atom stereocenters. The third-order valence-corrected chi connectivity index (χ3v) is 2.24. The quantitative estimate of drug-likeness (QED) is 0.585. The highest BCUT2D eigenvalue weighted by Gasteiger charge is 2.12. The van der Waals surface area contributed by atoms with E-state index >= 15 is 0 Å². The van der Waals surface area contributed by atoms with Crippen LogP contribution >= 0.6 is 0 Å². The fourth-order valence-corrected chi connectivity index (χ4v) is 1.34. The maximum absolute atomic E-state index is 10.6. The summed E-state index contributed by atoms with van der Waals surface area (Å²) >= 11 is 0. The molecule has 1 aromatic rings. The van der Waals surface area contributed by atoms with Gasteiger partial charge in [-0.2, -0.15) is 0 Å². The lowest BCUT2D eigenvalue weighted by Crippen LogP contribution is -2.17. The third kappa shape index (κ3) is 3.16. The number of hydrogen-bond donors (Lipinski definition) is 2. The Morgan fingerprint density at radius 2 is 2.38 bits per heavy atom. The smallest absolute Gasteiger partial charge is 0.290 e. The molecule has 0 fully saturated rings. The normalized spacial score (nSPS) is 12.2. The van der Waals surface area contributed by atoms with Crippen molar-refractivity contribution in [3.63, 3.8) is 0 Å². The first kappa shape index (κ1) is 12.4. The van der Waals surface area contributed by atoms with E-state index in [0.717, 1.165) is 0 Å². The standard InChI is InChI=1S/C10H15N3O3/c1-7-5-10(12-8(2)3-4-14)11-6-9(7)13(15)16/h5-6,8,14H,3-4H2,1-2H3,(H,11,12). The van der Waals surface area contributed by atoms with E-state index in [4.69, 9.17) is 5.11 Å². The van der Waals surface area contributed by atoms with E-state index in [9.17, 15) is 10.1 Å². The van der Waals surface area contributed by atoms with Crippen molar-refractivity contribution in [3.8, 4) is 0 Å². The van der Waals surface area contributed by atoms with Crippen LogP contribution in [0.2, 0.25) is 0 Å². The van der Waals surface area contributed by atoms with Crippen LogP contribution in [-0.2, 0) is 0 Å². The molecule has 0 spiro atoms. The molecule has 1 heterocycles. The number of aliphatic hydroxyl groups excluding tert-OH is 1. The van der Waals surface area contributed by atoms with Crippen molar-refractivity contribution in [1.82, 2.24) is 4.98 Å². The molecule has 88 valence electrons. The predicted octanol–water partition coefficient (Wildman–Crippen LogP) is 1.48. The van der Waals surface area contributed by atoms with Gasteiger partial charge in [0.15, 0.2) is 0 Å². The molecular weight excluding hydrogens is 210 g/mol. The average Bonchev–Trinajstić information content (AvgIpc) is 2.17. The number of hydrogen-bond acceptors (Lipinski definition) is 5. The lowest BCUT2D eigenvalue weighted by atomic mass is 10.2. The minimum absolute atomic E-state index is 0.0142. The molecule has 2 N–H and O–H groups in total. The lowest BCUT2D eigenvalue weighted by Gasteiger charge is -2.13. The summed E-state index contributed by atoms with van der Waals surface area (Å²) in [5, 5.41) is 22.4. The molecule has 0 saturated heterocycles. The van der Waals surface area contributed by atoms with Crippen LogP contribution in [0.5, 0.6) is 0 Å². The van der Waals surface area contributed by atoms with Gasteiger partial charge in [0.1, 0.15) is 12.0 Å². The minimum atomic E-state index is -0.455. The Kier molecular flexibility index (Phi) is 4.19. The number of aryl methyl sites for hydroxylation is 1. The van der Waals surface area contributed by atoms with Gasteiger partial charge in [0.2, 0.25) is 0 Å². The number of nitrogens with zero attached hydrogens (tertiary/aromatic N) is 2. The molecular formula is C10H15N3O3. The zero-order valence-electron chi connectivity index (χ0n) is 9.30. The van der Waals surface area contributed by atoms with Gasteiger partial charge >= 0.3 is 0 Å². The van der Waals surface area contributed by atoms with E-state index in [0.29, 0.717) is 17.8 Å². The second kappa shape index (κ2) is 5.41. The molecule has 0 amide bonds. The molecule has 0 aromatic carbocycles. The van der Waals surface area contributed by atoms with Crippen molar-refractivity contribution in [3.05, 3.63) is 27.9 Å². The summed E-state index contributed by atoms with van der Waals surface area (Å²) in [6.07, 6.45) is 1.85. The van der Waals surface area contributed by atoms with Crippen LogP contribution in [0.1, 0.15) is 18.9 Å². The Balaban J connectivity index is 2.77. The maximum atomic E-state index is 10.6. The van der Waals surface area contributed by atoms with E-state index in [2.05, 4.69) is 10.3 Å². The first-order valence-electron chi connectivity index (χ1n) is 5.03. The van der Waals surface area contributed by atoms with Gasteiger partial charge in [-0.3, -0.25) is 10.1 Å². The number of rotatable bonds is 5. The summed E-state index contributed by atoms with van der Waals surface area (Å²) in [4.78, 5) is 14.1. The second-order valence-corrected chi connectivity index (χ2v) is 3.67. The zero-order chi connectivity index (χ0) is 12.1. The lowest BCUT2D eigenvalue weighted by molar-refractivity contribution is -0.385. The molecule has 6 nitrogen and oxygen atoms in total. The molecule has 0 saturated carbocycles. The SMILES string of the molecule is Cc1cc(NC(C)CCO)ncc1[N+](=O)[O-]. The highest BCUT2D eigenvalue weighted by Crippen LogP contribution is 2.19. The van der Waals surface area contributed by atoms with Crippen LogP contribution in [0.3, 0.4) is 0 Å². The van der Waals surface area contributed by atoms with Gasteiger partial charge in [-0.15, -0.1) is 0 Å². The number of aromatic nitrogens is 1. The molecule has 0 aliphatic heterocycles. The number of aliphatic hydroxyl groups is 1. The maximum Gasteiger partial charge on any atom is 0.290 e. The number of anilines is 1. The summed E-state index contributed by atoms with van der Waals surface area (Å²) in [7, 11) is 0. The summed E-state index contributed by atoms with van der Waals surface area (Å²) in [5.41, 5.74) is 0.582. The van der Waals surface area contributed by atoms with Crippen molar-refractivity contribution < 1.29 is 10.0 Å². The van der Waals surface area contributed by atoms with Crippen molar-refractivity contribution in [2.75, 3.05) is 11.9 Å². The molecule has 6 heteroatoms. The van der Waals surface area contributed by atoms with E-state index in [1.807, 2.05) is 6.92 Å². The van der Waals surface area contributed by atoms with Gasteiger partial charge < -0.3 is 10.4 Å². The molecule has 1 rings (SSSR count). The third-order valence-electron chi connectivity index (χ3n) is 2.24. The predicted molar refractivity (Wildman–Crippen MR) is 60.4 cm³/mol. The first-order valence-corrected chi connectivity index (χ1v) is 5.03. The van der Waals surface area contributed by atoms with E-state index in [1.54, 1.807) is 13.0 Å². The van der Waals surface area contributed by atoms with Crippen LogP contribution in [0.15, 0.2) is 12.3 Å². The molecule has 0 aliphatic rings. The van der Waals surface area contributed by atoms with Gasteiger partial charge in [-0.05, 0) is 26.3 Å². The van der Waals surface area contributed by atoms with Crippen molar-refractivity contribution in [2.24, 2.45) is 0 Å². The van der Waals surface area contributed by atoms with Crippen molar-refractivity contribution in [2.45, 2.75) is 26.3 Å². The largest absolute Gasteiger partial charge is 0.396 e. The molecule has 0 bridgehead atoms. The van der Waals surface area contributed by atoms with Gasteiger partial charge in [0.25, 0.3) is 5.69 Å². The molecule has 16 heavy (non-hydrogen) atoms. The molecule has 1 aromatic heterocycles.